The lowest BCUT2D eigenvalue weighted by Crippen LogP contribution is -1.99. The number of hydrogen-bond donors (Lipinski definition) is 0. The van der Waals surface area contributed by atoms with E-state index < -0.39 is 0 Å². The SMILES string of the molecule is Cc1cc(/C=C(/C#N)c2ccc3ccccc3c2)c(C)n1-c1ccc(C#N)cc1. The van der Waals surface area contributed by atoms with Crippen LogP contribution in [0.5, 0.6) is 0 Å². The van der Waals surface area contributed by atoms with Gasteiger partial charge in [0.25, 0.3) is 0 Å². The van der Waals surface area contributed by atoms with Crippen LogP contribution in [0, 0.1) is 36.5 Å². The first-order valence-corrected chi connectivity index (χ1v) is 9.41. The van der Waals surface area contributed by atoms with Crippen molar-refractivity contribution < 1.29 is 0 Å². The summed E-state index contributed by atoms with van der Waals surface area (Å²) in [6, 6.07) is 28.4. The highest BCUT2D eigenvalue weighted by molar-refractivity contribution is 5.94. The molecule has 0 atom stereocenters. The lowest BCUT2D eigenvalue weighted by atomic mass is 10.0. The highest BCUT2D eigenvalue weighted by Crippen LogP contribution is 2.27. The molecule has 29 heavy (non-hydrogen) atoms. The number of nitrogens with zero attached hydrogens (tertiary/aromatic N) is 3. The second kappa shape index (κ2) is 7.50. The molecule has 0 aliphatic carbocycles. The minimum atomic E-state index is 0.635. The summed E-state index contributed by atoms with van der Waals surface area (Å²) >= 11 is 0. The summed E-state index contributed by atoms with van der Waals surface area (Å²) in [4.78, 5) is 0. The summed E-state index contributed by atoms with van der Waals surface area (Å²) in [5, 5.41) is 21.1. The second-order valence-corrected chi connectivity index (χ2v) is 7.05. The molecule has 3 aromatic carbocycles. The number of fused-ring (bicyclic) bond motifs is 1. The number of benzene rings is 3. The molecule has 138 valence electrons. The maximum absolute atomic E-state index is 9.80. The third-order valence-corrected chi connectivity index (χ3v) is 5.21. The Hall–Kier alpha value is -4.08. The number of aryl methyl sites for hydroxylation is 1. The van der Waals surface area contributed by atoms with Gasteiger partial charge in [0.15, 0.2) is 0 Å². The standard InChI is InChI=1S/C26H19N3/c1-18-13-24(19(2)29(18)26-11-7-20(16-27)8-12-26)15-25(17-28)23-10-9-21-5-3-4-6-22(21)14-23/h3-15H,1-2H3/b25-15-. The fourth-order valence-corrected chi connectivity index (χ4v) is 3.71. The van der Waals surface area contributed by atoms with E-state index in [-0.39, 0.29) is 0 Å². The largest absolute Gasteiger partial charge is 0.318 e. The van der Waals surface area contributed by atoms with Crippen LogP contribution in [-0.2, 0) is 0 Å². The first-order valence-electron chi connectivity index (χ1n) is 9.41. The lowest BCUT2D eigenvalue weighted by Gasteiger charge is -2.09. The van der Waals surface area contributed by atoms with Gasteiger partial charge in [0, 0.05) is 17.1 Å². The molecule has 1 aromatic heterocycles. The Bertz CT molecular complexity index is 1320. The van der Waals surface area contributed by atoms with Gasteiger partial charge in [-0.25, -0.2) is 0 Å². The summed E-state index contributed by atoms with van der Waals surface area (Å²) in [6.07, 6.45) is 1.95. The van der Waals surface area contributed by atoms with Gasteiger partial charge in [-0.2, -0.15) is 10.5 Å². The first kappa shape index (κ1) is 18.3. The molecular formula is C26H19N3. The van der Waals surface area contributed by atoms with E-state index in [1.54, 1.807) is 0 Å². The third kappa shape index (κ3) is 3.43. The summed E-state index contributed by atoms with van der Waals surface area (Å²) < 4.78 is 2.14. The van der Waals surface area contributed by atoms with Gasteiger partial charge >= 0.3 is 0 Å². The van der Waals surface area contributed by atoms with Gasteiger partial charge in [0.2, 0.25) is 0 Å². The minimum absolute atomic E-state index is 0.635. The Labute approximate surface area is 170 Å². The number of allylic oxidation sites excluding steroid dienone is 1. The maximum atomic E-state index is 9.80. The monoisotopic (exact) mass is 373 g/mol. The van der Waals surface area contributed by atoms with E-state index in [4.69, 9.17) is 5.26 Å². The smallest absolute Gasteiger partial charge is 0.0998 e. The van der Waals surface area contributed by atoms with Crippen molar-refractivity contribution in [1.82, 2.24) is 4.57 Å². The zero-order valence-corrected chi connectivity index (χ0v) is 16.3. The lowest BCUT2D eigenvalue weighted by molar-refractivity contribution is 0.964. The Kier molecular flexibility index (Phi) is 4.73. The van der Waals surface area contributed by atoms with E-state index in [1.807, 2.05) is 62.4 Å². The van der Waals surface area contributed by atoms with Gasteiger partial charge in [-0.3, -0.25) is 0 Å². The third-order valence-electron chi connectivity index (χ3n) is 5.21. The fraction of sp³-hybridized carbons (Fsp3) is 0.0769. The second-order valence-electron chi connectivity index (χ2n) is 7.05. The van der Waals surface area contributed by atoms with Gasteiger partial charge in [-0.05, 0) is 78.2 Å². The minimum Gasteiger partial charge on any atom is -0.318 e. The Morgan fingerprint density at radius 1 is 0.862 bits per heavy atom. The zero-order chi connectivity index (χ0) is 20.4. The van der Waals surface area contributed by atoms with Crippen molar-refractivity contribution >= 4 is 22.4 Å². The van der Waals surface area contributed by atoms with E-state index in [0.717, 1.165) is 39.0 Å². The van der Waals surface area contributed by atoms with Crippen LogP contribution in [0.15, 0.2) is 72.8 Å². The summed E-state index contributed by atoms with van der Waals surface area (Å²) in [5.41, 5.74) is 6.33. The number of aromatic nitrogens is 1. The molecule has 0 saturated carbocycles. The van der Waals surface area contributed by atoms with Crippen LogP contribution < -0.4 is 0 Å². The molecule has 0 aliphatic heterocycles. The average molecular weight is 373 g/mol. The van der Waals surface area contributed by atoms with E-state index in [0.29, 0.717) is 11.1 Å². The Morgan fingerprint density at radius 2 is 1.59 bits per heavy atom. The topological polar surface area (TPSA) is 52.5 Å². The predicted molar refractivity (Wildman–Crippen MR) is 117 cm³/mol. The highest BCUT2D eigenvalue weighted by atomic mass is 15.0. The average Bonchev–Trinajstić information content (AvgIpc) is 3.04. The molecule has 0 fully saturated rings. The predicted octanol–water partition coefficient (Wildman–Crippen LogP) is 6.18. The molecular weight excluding hydrogens is 354 g/mol. The van der Waals surface area contributed by atoms with Crippen molar-refractivity contribution in [2.24, 2.45) is 0 Å². The van der Waals surface area contributed by atoms with E-state index in [2.05, 4.69) is 47.0 Å². The van der Waals surface area contributed by atoms with Crippen molar-refractivity contribution in [2.75, 3.05) is 0 Å². The molecule has 3 nitrogen and oxygen atoms in total. The van der Waals surface area contributed by atoms with E-state index in [9.17, 15) is 5.26 Å². The van der Waals surface area contributed by atoms with Crippen molar-refractivity contribution in [3.8, 4) is 17.8 Å². The van der Waals surface area contributed by atoms with E-state index in [1.165, 1.54) is 0 Å². The van der Waals surface area contributed by atoms with Crippen LogP contribution in [-0.4, -0.2) is 4.57 Å². The summed E-state index contributed by atoms with van der Waals surface area (Å²) in [6.45, 7) is 4.09. The normalized spacial score (nSPS) is 11.2. The van der Waals surface area contributed by atoms with Gasteiger partial charge < -0.3 is 4.57 Å². The molecule has 0 aliphatic rings. The van der Waals surface area contributed by atoms with Crippen LogP contribution in [0.4, 0.5) is 0 Å². The molecule has 0 N–H and O–H groups in total. The highest BCUT2D eigenvalue weighted by Gasteiger charge is 2.11. The molecule has 0 unspecified atom stereocenters. The zero-order valence-electron chi connectivity index (χ0n) is 16.3. The maximum Gasteiger partial charge on any atom is 0.0998 e. The number of rotatable bonds is 3. The molecule has 4 rings (SSSR count). The molecule has 0 amide bonds. The number of nitriles is 2. The molecule has 0 spiro atoms. The molecule has 1 heterocycles. The molecule has 3 heteroatoms. The fourth-order valence-electron chi connectivity index (χ4n) is 3.71. The quantitative estimate of drug-likeness (QED) is 0.402. The van der Waals surface area contributed by atoms with Gasteiger partial charge in [-0.1, -0.05) is 36.4 Å². The van der Waals surface area contributed by atoms with Gasteiger partial charge in [0.05, 0.1) is 23.3 Å². The van der Waals surface area contributed by atoms with Crippen LogP contribution in [0.2, 0.25) is 0 Å². The molecule has 4 aromatic rings. The van der Waals surface area contributed by atoms with E-state index >= 15 is 0 Å². The van der Waals surface area contributed by atoms with Crippen molar-refractivity contribution in [2.45, 2.75) is 13.8 Å². The summed E-state index contributed by atoms with van der Waals surface area (Å²) in [7, 11) is 0. The Morgan fingerprint density at radius 3 is 2.28 bits per heavy atom. The van der Waals surface area contributed by atoms with Crippen LogP contribution in [0.1, 0.15) is 28.1 Å². The van der Waals surface area contributed by atoms with Crippen LogP contribution >= 0.6 is 0 Å². The van der Waals surface area contributed by atoms with Gasteiger partial charge in [0.1, 0.15) is 0 Å². The van der Waals surface area contributed by atoms with Crippen LogP contribution in [0.3, 0.4) is 0 Å². The summed E-state index contributed by atoms with van der Waals surface area (Å²) in [5.74, 6) is 0. The molecule has 0 saturated heterocycles. The van der Waals surface area contributed by atoms with Crippen molar-refractivity contribution in [1.29, 1.82) is 10.5 Å². The Balaban J connectivity index is 1.78. The molecule has 0 radical (unpaired) electrons. The van der Waals surface area contributed by atoms with Crippen molar-refractivity contribution in [3.63, 3.8) is 0 Å². The van der Waals surface area contributed by atoms with Crippen LogP contribution in [0.25, 0.3) is 28.1 Å². The van der Waals surface area contributed by atoms with Crippen molar-refractivity contribution in [3.05, 3.63) is 101 Å². The molecule has 0 bridgehead atoms. The van der Waals surface area contributed by atoms with Gasteiger partial charge in [-0.15, -0.1) is 0 Å². The number of hydrogen-bond acceptors (Lipinski definition) is 2. The first-order chi connectivity index (χ1) is 14.1.